The Morgan fingerprint density at radius 1 is 0.977 bits per heavy atom. The predicted molar refractivity (Wildman–Crippen MR) is 176 cm³/mol. The molecule has 3 aromatic rings. The van der Waals surface area contributed by atoms with Gasteiger partial charge in [0.2, 0.25) is 21.8 Å². The van der Waals surface area contributed by atoms with Crippen molar-refractivity contribution in [2.24, 2.45) is 0 Å². The van der Waals surface area contributed by atoms with Crippen LogP contribution in [0.15, 0.2) is 66.7 Å². The number of aryl methyl sites for hydroxylation is 1. The van der Waals surface area contributed by atoms with E-state index in [0.29, 0.717) is 27.7 Å². The van der Waals surface area contributed by atoms with Crippen LogP contribution in [-0.4, -0.2) is 50.0 Å². The highest BCUT2D eigenvalue weighted by atomic mass is 35.5. The smallest absolute Gasteiger partial charge is 0.243 e. The van der Waals surface area contributed by atoms with E-state index in [0.717, 1.165) is 23.1 Å². The van der Waals surface area contributed by atoms with Gasteiger partial charge in [-0.3, -0.25) is 13.9 Å². The van der Waals surface area contributed by atoms with Crippen molar-refractivity contribution in [3.8, 4) is 0 Å². The zero-order chi connectivity index (χ0) is 31.7. The normalized spacial score (nSPS) is 12.8. The molecular weight excluding hydrogens is 605 g/mol. The van der Waals surface area contributed by atoms with E-state index in [-0.39, 0.29) is 43.8 Å². The Kier molecular flexibility index (Phi) is 12.5. The molecule has 10 heteroatoms. The van der Waals surface area contributed by atoms with E-state index in [1.165, 1.54) is 10.6 Å². The summed E-state index contributed by atoms with van der Waals surface area (Å²) in [6, 6.07) is 19.2. The zero-order valence-corrected chi connectivity index (χ0v) is 27.8. The summed E-state index contributed by atoms with van der Waals surface area (Å²) in [5.41, 5.74) is 3.99. The minimum Gasteiger partial charge on any atom is -0.352 e. The molecule has 0 fully saturated rings. The standard InChI is InChI=1S/C33H41Cl2N3O4S/c1-6-24(3)36-33(40)31(20-26-13-8-7-9-14-26)37(22-27-17-18-28(34)21-29(27)35)32(39)16-11-19-38(43(5,41)42)30-15-10-12-23(2)25(30)4/h7-10,12-15,17-18,21,24,31H,6,11,16,19-20,22H2,1-5H3,(H,36,40). The van der Waals surface area contributed by atoms with Gasteiger partial charge < -0.3 is 10.2 Å². The lowest BCUT2D eigenvalue weighted by Gasteiger charge is -2.33. The number of anilines is 1. The molecule has 1 N–H and O–H groups in total. The van der Waals surface area contributed by atoms with Crippen molar-refractivity contribution in [1.82, 2.24) is 10.2 Å². The molecule has 0 saturated heterocycles. The predicted octanol–water partition coefficient (Wildman–Crippen LogP) is 6.71. The van der Waals surface area contributed by atoms with Gasteiger partial charge in [0.05, 0.1) is 11.9 Å². The van der Waals surface area contributed by atoms with Gasteiger partial charge in [0.1, 0.15) is 6.04 Å². The lowest BCUT2D eigenvalue weighted by molar-refractivity contribution is -0.141. The topological polar surface area (TPSA) is 86.8 Å². The fourth-order valence-corrected chi connectivity index (χ4v) is 6.30. The summed E-state index contributed by atoms with van der Waals surface area (Å²) in [4.78, 5) is 29.3. The second-order valence-electron chi connectivity index (χ2n) is 10.9. The molecule has 2 atom stereocenters. The number of sulfonamides is 1. The van der Waals surface area contributed by atoms with Gasteiger partial charge in [0, 0.05) is 42.0 Å². The van der Waals surface area contributed by atoms with E-state index in [1.54, 1.807) is 29.2 Å². The third-order valence-electron chi connectivity index (χ3n) is 7.62. The van der Waals surface area contributed by atoms with Crippen LogP contribution in [0, 0.1) is 13.8 Å². The van der Waals surface area contributed by atoms with Crippen LogP contribution in [0.2, 0.25) is 10.0 Å². The number of carbonyl (C=O) groups excluding carboxylic acids is 2. The minimum atomic E-state index is -3.61. The first kappa shape index (κ1) is 34.4. The number of nitrogens with zero attached hydrogens (tertiary/aromatic N) is 2. The minimum absolute atomic E-state index is 0.0317. The van der Waals surface area contributed by atoms with E-state index in [9.17, 15) is 18.0 Å². The molecule has 43 heavy (non-hydrogen) atoms. The Balaban J connectivity index is 1.94. The second kappa shape index (κ2) is 15.6. The molecule has 0 saturated carbocycles. The number of hydrogen-bond donors (Lipinski definition) is 1. The number of amides is 2. The Morgan fingerprint density at radius 2 is 1.67 bits per heavy atom. The molecule has 232 valence electrons. The van der Waals surface area contributed by atoms with Crippen LogP contribution in [-0.2, 0) is 32.6 Å². The lowest BCUT2D eigenvalue weighted by atomic mass is 10.0. The zero-order valence-electron chi connectivity index (χ0n) is 25.4. The SMILES string of the molecule is CCC(C)NC(=O)C(Cc1ccccc1)N(Cc1ccc(Cl)cc1Cl)C(=O)CCCN(c1cccc(C)c1C)S(C)(=O)=O. The number of rotatable bonds is 14. The molecule has 0 heterocycles. The average molecular weight is 647 g/mol. The third-order valence-corrected chi connectivity index (χ3v) is 9.39. The van der Waals surface area contributed by atoms with Crippen LogP contribution >= 0.6 is 23.2 Å². The lowest BCUT2D eigenvalue weighted by Crippen LogP contribution is -2.52. The van der Waals surface area contributed by atoms with Crippen molar-refractivity contribution in [3.05, 3.63) is 99.0 Å². The average Bonchev–Trinajstić information content (AvgIpc) is 2.95. The summed E-state index contributed by atoms with van der Waals surface area (Å²) < 4.78 is 26.9. The van der Waals surface area contributed by atoms with Gasteiger partial charge in [-0.15, -0.1) is 0 Å². The van der Waals surface area contributed by atoms with Gasteiger partial charge in [0.25, 0.3) is 0 Å². The van der Waals surface area contributed by atoms with Gasteiger partial charge in [-0.25, -0.2) is 8.42 Å². The van der Waals surface area contributed by atoms with Gasteiger partial charge in [0.15, 0.2) is 0 Å². The Morgan fingerprint density at radius 3 is 2.30 bits per heavy atom. The summed E-state index contributed by atoms with van der Waals surface area (Å²) in [5.74, 6) is -0.537. The van der Waals surface area contributed by atoms with Crippen LogP contribution < -0.4 is 9.62 Å². The first-order chi connectivity index (χ1) is 20.3. The molecule has 0 radical (unpaired) electrons. The summed E-state index contributed by atoms with van der Waals surface area (Å²) in [6.45, 7) is 7.93. The first-order valence-corrected chi connectivity index (χ1v) is 17.0. The van der Waals surface area contributed by atoms with Gasteiger partial charge >= 0.3 is 0 Å². The summed E-state index contributed by atoms with van der Waals surface area (Å²) in [7, 11) is -3.61. The maximum absolute atomic E-state index is 14.0. The van der Waals surface area contributed by atoms with E-state index in [2.05, 4.69) is 5.32 Å². The number of nitrogens with one attached hydrogen (secondary N) is 1. The highest BCUT2D eigenvalue weighted by Crippen LogP contribution is 2.27. The van der Waals surface area contributed by atoms with Crippen molar-refractivity contribution in [1.29, 1.82) is 0 Å². The number of benzene rings is 3. The molecule has 0 spiro atoms. The van der Waals surface area contributed by atoms with Crippen molar-refractivity contribution < 1.29 is 18.0 Å². The van der Waals surface area contributed by atoms with Crippen LogP contribution in [0.5, 0.6) is 0 Å². The fourth-order valence-electron chi connectivity index (χ4n) is 4.82. The second-order valence-corrected chi connectivity index (χ2v) is 13.7. The van der Waals surface area contributed by atoms with Crippen LogP contribution in [0.25, 0.3) is 0 Å². The van der Waals surface area contributed by atoms with E-state index in [4.69, 9.17) is 23.2 Å². The summed E-state index contributed by atoms with van der Waals surface area (Å²) >= 11 is 12.7. The van der Waals surface area contributed by atoms with E-state index >= 15 is 0 Å². The molecule has 0 aliphatic rings. The van der Waals surface area contributed by atoms with Crippen molar-refractivity contribution in [2.45, 2.75) is 72.0 Å². The van der Waals surface area contributed by atoms with Gasteiger partial charge in [-0.05, 0) is 74.1 Å². The molecule has 3 rings (SSSR count). The molecule has 2 amide bonds. The number of carbonyl (C=O) groups is 2. The monoisotopic (exact) mass is 645 g/mol. The Hall–Kier alpha value is -3.07. The highest BCUT2D eigenvalue weighted by Gasteiger charge is 2.31. The van der Waals surface area contributed by atoms with Gasteiger partial charge in [-0.1, -0.05) is 78.7 Å². The molecule has 0 bridgehead atoms. The van der Waals surface area contributed by atoms with Crippen LogP contribution in [0.3, 0.4) is 0 Å². The Labute approximate surface area is 266 Å². The van der Waals surface area contributed by atoms with Gasteiger partial charge in [-0.2, -0.15) is 0 Å². The molecule has 0 aromatic heterocycles. The molecule has 2 unspecified atom stereocenters. The largest absolute Gasteiger partial charge is 0.352 e. The maximum Gasteiger partial charge on any atom is 0.243 e. The number of hydrogen-bond acceptors (Lipinski definition) is 4. The van der Waals surface area contributed by atoms with Crippen molar-refractivity contribution >= 4 is 50.7 Å². The van der Waals surface area contributed by atoms with Crippen LogP contribution in [0.4, 0.5) is 5.69 Å². The molecule has 3 aromatic carbocycles. The molecule has 0 aliphatic carbocycles. The third kappa shape index (κ3) is 9.71. The molecular formula is C33H41Cl2N3O4S. The fraction of sp³-hybridized carbons (Fsp3) is 0.394. The van der Waals surface area contributed by atoms with Crippen molar-refractivity contribution in [3.63, 3.8) is 0 Å². The highest BCUT2D eigenvalue weighted by molar-refractivity contribution is 7.92. The van der Waals surface area contributed by atoms with Crippen molar-refractivity contribution in [2.75, 3.05) is 17.1 Å². The first-order valence-electron chi connectivity index (χ1n) is 14.4. The summed E-state index contributed by atoms with van der Waals surface area (Å²) in [5, 5.41) is 3.91. The quantitative estimate of drug-likeness (QED) is 0.211. The Bertz CT molecular complexity index is 1520. The van der Waals surface area contributed by atoms with Crippen LogP contribution in [0.1, 0.15) is 55.4 Å². The van der Waals surface area contributed by atoms with E-state index < -0.39 is 16.1 Å². The maximum atomic E-state index is 14.0. The summed E-state index contributed by atoms with van der Waals surface area (Å²) in [6.07, 6.45) is 2.50. The van der Waals surface area contributed by atoms with E-state index in [1.807, 2.05) is 70.2 Å². The number of halogens is 2. The molecule has 7 nitrogen and oxygen atoms in total. The molecule has 0 aliphatic heterocycles.